The number of ether oxygens (including phenoxy) is 5. The van der Waals surface area contributed by atoms with Gasteiger partial charge in [0.25, 0.3) is 11.8 Å². The van der Waals surface area contributed by atoms with Crippen molar-refractivity contribution in [2.24, 2.45) is 0 Å². The molecular formula is C39H49N3O16. The maximum atomic E-state index is 13.0. The van der Waals surface area contributed by atoms with Crippen LogP contribution in [0.5, 0.6) is 17.2 Å². The molecule has 0 bridgehead atoms. The molecule has 4 amide bonds. The number of rotatable bonds is 19. The molecule has 5 rings (SSSR count). The number of hydrogen-bond donors (Lipinski definition) is 5. The Morgan fingerprint density at radius 1 is 0.879 bits per heavy atom. The van der Waals surface area contributed by atoms with E-state index in [9.17, 15) is 49.2 Å². The second kappa shape index (κ2) is 23.6. The van der Waals surface area contributed by atoms with Gasteiger partial charge in [-0.15, -0.1) is 0 Å². The van der Waals surface area contributed by atoms with Crippen LogP contribution in [0.1, 0.15) is 61.9 Å². The van der Waals surface area contributed by atoms with Crippen LogP contribution in [0.4, 0.5) is 0 Å². The highest BCUT2D eigenvalue weighted by Gasteiger charge is 2.42. The molecule has 2 aliphatic carbocycles. The molecule has 0 radical (unpaired) electrons. The SMILES string of the molecule is CN(CCCOCCOCCOCCN1C(=O)C=CC1=O)C(=O)COCC=O.CNC=O.COc1cccc2c1C(=O)c1c(O)c3c(c(O)c1C2=O)CC(O)CC3O. The lowest BCUT2D eigenvalue weighted by molar-refractivity contribution is -0.138. The quantitative estimate of drug-likeness (QED) is 0.0447. The molecule has 19 heteroatoms. The van der Waals surface area contributed by atoms with Crippen molar-refractivity contribution in [2.75, 3.05) is 87.1 Å². The molecule has 19 nitrogen and oxygen atoms in total. The zero-order chi connectivity index (χ0) is 42.8. The van der Waals surface area contributed by atoms with Crippen LogP contribution in [-0.4, -0.2) is 165 Å². The summed E-state index contributed by atoms with van der Waals surface area (Å²) in [5.74, 6) is -2.95. The Balaban J connectivity index is 0.000000284. The molecule has 5 N–H and O–H groups in total. The van der Waals surface area contributed by atoms with Gasteiger partial charge < -0.3 is 59.1 Å². The Kier molecular flexibility index (Phi) is 19.1. The van der Waals surface area contributed by atoms with Crippen molar-refractivity contribution < 1.29 is 77.7 Å². The number of aromatic hydroxyl groups is 2. The molecule has 0 spiro atoms. The van der Waals surface area contributed by atoms with Gasteiger partial charge in [0.1, 0.15) is 36.7 Å². The number of fused-ring (bicyclic) bond motifs is 3. The summed E-state index contributed by atoms with van der Waals surface area (Å²) in [7, 11) is 4.59. The number of imide groups is 1. The van der Waals surface area contributed by atoms with E-state index in [1.807, 2.05) is 0 Å². The molecule has 0 fully saturated rings. The number of nitrogens with one attached hydrogen (secondary N) is 1. The van der Waals surface area contributed by atoms with E-state index < -0.39 is 35.3 Å². The van der Waals surface area contributed by atoms with Crippen molar-refractivity contribution in [3.05, 3.63) is 63.7 Å². The first-order valence-electron chi connectivity index (χ1n) is 18.2. The van der Waals surface area contributed by atoms with Crippen LogP contribution in [0.2, 0.25) is 0 Å². The maximum Gasteiger partial charge on any atom is 0.253 e. The minimum atomic E-state index is -1.26. The first-order valence-corrected chi connectivity index (χ1v) is 18.2. The van der Waals surface area contributed by atoms with E-state index in [0.29, 0.717) is 58.7 Å². The molecule has 1 aliphatic heterocycles. The van der Waals surface area contributed by atoms with E-state index in [2.05, 4.69) is 5.32 Å². The Morgan fingerprint density at radius 3 is 2.09 bits per heavy atom. The number of phenolic OH excluding ortho intramolecular Hbond substituents is 2. The smallest absolute Gasteiger partial charge is 0.253 e. The molecule has 2 unspecified atom stereocenters. The van der Waals surface area contributed by atoms with Crippen molar-refractivity contribution >= 4 is 42.0 Å². The summed E-state index contributed by atoms with van der Waals surface area (Å²) in [4.78, 5) is 82.0. The predicted octanol–water partition coefficient (Wildman–Crippen LogP) is -0.390. The molecule has 0 aromatic heterocycles. The van der Waals surface area contributed by atoms with Crippen LogP contribution in [0.3, 0.4) is 0 Å². The van der Waals surface area contributed by atoms with Gasteiger partial charge in [0.15, 0.2) is 5.78 Å². The van der Waals surface area contributed by atoms with Crippen LogP contribution >= 0.6 is 0 Å². The number of ketones is 2. The third-order valence-corrected chi connectivity index (χ3v) is 8.87. The average Bonchev–Trinajstić information content (AvgIpc) is 3.53. The minimum absolute atomic E-state index is 0.00693. The van der Waals surface area contributed by atoms with Gasteiger partial charge in [0.2, 0.25) is 18.1 Å². The van der Waals surface area contributed by atoms with Gasteiger partial charge in [-0.1, -0.05) is 12.1 Å². The molecule has 2 aromatic rings. The lowest BCUT2D eigenvalue weighted by Gasteiger charge is -2.30. The first-order chi connectivity index (χ1) is 27.8. The van der Waals surface area contributed by atoms with E-state index in [1.165, 1.54) is 36.3 Å². The largest absolute Gasteiger partial charge is 0.507 e. The number of aldehydes is 1. The fourth-order valence-corrected chi connectivity index (χ4v) is 6.06. The number of amides is 4. The molecule has 2 atom stereocenters. The highest BCUT2D eigenvalue weighted by Crippen LogP contribution is 2.49. The number of phenols is 2. The molecule has 0 saturated carbocycles. The van der Waals surface area contributed by atoms with E-state index >= 15 is 0 Å². The summed E-state index contributed by atoms with van der Waals surface area (Å²) >= 11 is 0. The van der Waals surface area contributed by atoms with Crippen LogP contribution in [0, 0.1) is 0 Å². The van der Waals surface area contributed by atoms with Crippen LogP contribution in [-0.2, 0) is 49.3 Å². The highest BCUT2D eigenvalue weighted by atomic mass is 16.5. The van der Waals surface area contributed by atoms with Crippen molar-refractivity contribution in [3.8, 4) is 17.2 Å². The van der Waals surface area contributed by atoms with Crippen molar-refractivity contribution in [2.45, 2.75) is 31.5 Å². The summed E-state index contributed by atoms with van der Waals surface area (Å²) in [6, 6.07) is 4.52. The molecule has 316 valence electrons. The van der Waals surface area contributed by atoms with E-state index in [0.717, 1.165) is 4.90 Å². The van der Waals surface area contributed by atoms with Gasteiger partial charge >= 0.3 is 0 Å². The monoisotopic (exact) mass is 815 g/mol. The van der Waals surface area contributed by atoms with E-state index in [-0.39, 0.29) is 96.1 Å². The third-order valence-electron chi connectivity index (χ3n) is 8.87. The number of benzene rings is 2. The van der Waals surface area contributed by atoms with Gasteiger partial charge in [0.05, 0.1) is 75.6 Å². The predicted molar refractivity (Wildman–Crippen MR) is 201 cm³/mol. The number of methoxy groups -OCH3 is 1. The Labute approximate surface area is 334 Å². The summed E-state index contributed by atoms with van der Waals surface area (Å²) in [5, 5.41) is 43.7. The Morgan fingerprint density at radius 2 is 1.48 bits per heavy atom. The molecule has 58 heavy (non-hydrogen) atoms. The standard InChI is InChI=1S/C19H16O7.C18H28N2O8.C2H5NO/c1-26-11-4-2-3-8-13(11)19(25)15-14(16(8)22)17(23)9-5-7(20)6-10(21)12(9)18(15)24;1-19(18(24)15-28-10-7-21)5-2-8-25-11-13-27-14-12-26-9-6-20-16(22)3-4-17(20)23;1-3-2-4/h2-4,7,10,20-21,23-24H,5-6H2,1H3;3-4,7H,2,5-6,8-15H2,1H3;2H,1H3,(H,3,4). The fourth-order valence-electron chi connectivity index (χ4n) is 6.06. The normalized spacial score (nSPS) is 16.3. The van der Waals surface area contributed by atoms with Gasteiger partial charge in [-0.25, -0.2) is 0 Å². The molecule has 1 heterocycles. The van der Waals surface area contributed by atoms with Crippen molar-refractivity contribution in [1.82, 2.24) is 15.1 Å². The molecular weight excluding hydrogens is 766 g/mol. The summed E-state index contributed by atoms with van der Waals surface area (Å²) in [6.07, 6.45) is 2.13. The van der Waals surface area contributed by atoms with Gasteiger partial charge in [0, 0.05) is 68.9 Å². The van der Waals surface area contributed by atoms with Gasteiger partial charge in [-0.05, 0) is 12.5 Å². The third kappa shape index (κ3) is 12.2. The molecule has 0 saturated heterocycles. The minimum Gasteiger partial charge on any atom is -0.507 e. The van der Waals surface area contributed by atoms with Crippen LogP contribution in [0.15, 0.2) is 30.4 Å². The zero-order valence-electron chi connectivity index (χ0n) is 32.5. The van der Waals surface area contributed by atoms with Crippen molar-refractivity contribution in [1.29, 1.82) is 0 Å². The van der Waals surface area contributed by atoms with Gasteiger partial charge in [-0.2, -0.15) is 0 Å². The first kappa shape index (κ1) is 46.8. The van der Waals surface area contributed by atoms with Gasteiger partial charge in [-0.3, -0.25) is 33.7 Å². The summed E-state index contributed by atoms with van der Waals surface area (Å²) < 4.78 is 26.1. The lowest BCUT2D eigenvalue weighted by Crippen LogP contribution is -2.33. The zero-order valence-corrected chi connectivity index (χ0v) is 32.5. The number of hydrogen-bond acceptors (Lipinski definition) is 16. The van der Waals surface area contributed by atoms with Crippen molar-refractivity contribution in [3.63, 3.8) is 0 Å². The number of carbonyl (C=O) groups excluding carboxylic acids is 7. The topological polar surface area (TPSA) is 265 Å². The summed E-state index contributed by atoms with van der Waals surface area (Å²) in [5.41, 5.74) is -0.529. The Bertz CT molecular complexity index is 1810. The number of aliphatic hydroxyl groups excluding tert-OH is 2. The molecule has 2 aromatic carbocycles. The number of carbonyl (C=O) groups is 7. The molecule has 3 aliphatic rings. The second-order valence-corrected chi connectivity index (χ2v) is 12.7. The number of likely N-dealkylation sites (N-methyl/N-ethyl adjacent to an activating group) is 1. The second-order valence-electron chi connectivity index (χ2n) is 12.7. The number of aliphatic hydroxyl groups is 2. The maximum absolute atomic E-state index is 13.0. The Hall–Kier alpha value is -5.57. The number of nitrogens with zero attached hydrogens (tertiary/aromatic N) is 2. The van der Waals surface area contributed by atoms with E-state index in [1.54, 1.807) is 20.2 Å². The average molecular weight is 816 g/mol. The van der Waals surface area contributed by atoms with Crippen LogP contribution in [0.25, 0.3) is 0 Å². The lowest BCUT2D eigenvalue weighted by atomic mass is 9.76. The van der Waals surface area contributed by atoms with Crippen LogP contribution < -0.4 is 10.1 Å². The van der Waals surface area contributed by atoms with E-state index in [4.69, 9.17) is 28.5 Å². The summed E-state index contributed by atoms with van der Waals surface area (Å²) in [6.45, 7) is 2.96. The highest BCUT2D eigenvalue weighted by molar-refractivity contribution is 6.31. The fraction of sp³-hybridized carbons (Fsp3) is 0.462.